The smallest absolute Gasteiger partial charge is 0.230 e. The van der Waals surface area contributed by atoms with Crippen LogP contribution >= 0.6 is 11.6 Å². The van der Waals surface area contributed by atoms with Gasteiger partial charge in [0.05, 0.1) is 13.0 Å². The van der Waals surface area contributed by atoms with Crippen molar-refractivity contribution in [3.05, 3.63) is 47.6 Å². The van der Waals surface area contributed by atoms with Gasteiger partial charge in [0.25, 0.3) is 0 Å². The number of hydrogen-bond donors (Lipinski definition) is 1. The standard InChI is InChI=1S/C17H16ClN3O3/c1-24-14-4-2-13(3-5-14)21-10-11(8-16(21)22)17(23)20-15-9-12(18)6-7-19-15/h2-7,9,11H,8,10H2,1H3,(H,19,20,23). The van der Waals surface area contributed by atoms with Crippen molar-refractivity contribution in [2.45, 2.75) is 6.42 Å². The van der Waals surface area contributed by atoms with Gasteiger partial charge in [0.15, 0.2) is 0 Å². The molecule has 0 radical (unpaired) electrons. The van der Waals surface area contributed by atoms with Gasteiger partial charge in [-0.15, -0.1) is 0 Å². The lowest BCUT2D eigenvalue weighted by Gasteiger charge is -2.17. The van der Waals surface area contributed by atoms with Crippen LogP contribution in [0.1, 0.15) is 6.42 Å². The van der Waals surface area contributed by atoms with Gasteiger partial charge in [-0.05, 0) is 36.4 Å². The van der Waals surface area contributed by atoms with Crippen LogP contribution in [0.3, 0.4) is 0 Å². The van der Waals surface area contributed by atoms with Crippen molar-refractivity contribution in [3.63, 3.8) is 0 Å². The third-order valence-corrected chi connectivity index (χ3v) is 4.09. The van der Waals surface area contributed by atoms with Gasteiger partial charge in [-0.2, -0.15) is 0 Å². The van der Waals surface area contributed by atoms with Crippen molar-refractivity contribution in [1.82, 2.24) is 4.98 Å². The second kappa shape index (κ2) is 6.88. The van der Waals surface area contributed by atoms with Crippen LogP contribution in [0.5, 0.6) is 5.75 Å². The van der Waals surface area contributed by atoms with Gasteiger partial charge in [0.1, 0.15) is 11.6 Å². The monoisotopic (exact) mass is 345 g/mol. The predicted molar refractivity (Wildman–Crippen MR) is 91.3 cm³/mol. The first kappa shape index (κ1) is 16.3. The second-order valence-electron chi connectivity index (χ2n) is 5.45. The zero-order valence-corrected chi connectivity index (χ0v) is 13.8. The lowest BCUT2D eigenvalue weighted by Crippen LogP contribution is -2.28. The fourth-order valence-electron chi connectivity index (χ4n) is 2.60. The first-order valence-corrected chi connectivity index (χ1v) is 7.81. The fourth-order valence-corrected chi connectivity index (χ4v) is 2.76. The average Bonchev–Trinajstić information content (AvgIpc) is 2.97. The average molecular weight is 346 g/mol. The molecule has 3 rings (SSSR count). The van der Waals surface area contributed by atoms with Crippen LogP contribution in [0, 0.1) is 5.92 Å². The Bertz CT molecular complexity index is 764. The summed E-state index contributed by atoms with van der Waals surface area (Å²) in [6.45, 7) is 0.331. The van der Waals surface area contributed by atoms with E-state index in [1.165, 1.54) is 6.20 Å². The minimum absolute atomic E-state index is 0.0839. The van der Waals surface area contributed by atoms with E-state index in [4.69, 9.17) is 16.3 Å². The highest BCUT2D eigenvalue weighted by molar-refractivity contribution is 6.30. The van der Waals surface area contributed by atoms with Crippen LogP contribution < -0.4 is 15.0 Å². The normalized spacial score (nSPS) is 17.0. The molecule has 2 heterocycles. The summed E-state index contributed by atoms with van der Waals surface area (Å²) in [5.41, 5.74) is 0.747. The van der Waals surface area contributed by atoms with Gasteiger partial charge in [-0.25, -0.2) is 4.98 Å². The number of benzene rings is 1. The Morgan fingerprint density at radius 3 is 2.75 bits per heavy atom. The van der Waals surface area contributed by atoms with E-state index in [0.29, 0.717) is 23.1 Å². The van der Waals surface area contributed by atoms with E-state index >= 15 is 0 Å². The summed E-state index contributed by atoms with van der Waals surface area (Å²) in [6, 6.07) is 10.4. The highest BCUT2D eigenvalue weighted by Crippen LogP contribution is 2.27. The van der Waals surface area contributed by atoms with Crippen molar-refractivity contribution in [2.75, 3.05) is 23.9 Å². The Labute approximate surface area is 144 Å². The van der Waals surface area contributed by atoms with E-state index in [9.17, 15) is 9.59 Å². The van der Waals surface area contributed by atoms with Gasteiger partial charge in [0.2, 0.25) is 11.8 Å². The number of carbonyl (C=O) groups is 2. The number of nitrogens with zero attached hydrogens (tertiary/aromatic N) is 2. The van der Waals surface area contributed by atoms with E-state index in [0.717, 1.165) is 5.69 Å². The van der Waals surface area contributed by atoms with Crippen molar-refractivity contribution in [1.29, 1.82) is 0 Å². The highest BCUT2D eigenvalue weighted by atomic mass is 35.5. The molecule has 24 heavy (non-hydrogen) atoms. The van der Waals surface area contributed by atoms with Crippen LogP contribution in [-0.2, 0) is 9.59 Å². The Balaban J connectivity index is 1.68. The maximum Gasteiger partial charge on any atom is 0.230 e. The Morgan fingerprint density at radius 2 is 2.08 bits per heavy atom. The first-order chi connectivity index (χ1) is 11.6. The number of carbonyl (C=O) groups excluding carboxylic acids is 2. The molecule has 0 saturated carbocycles. The van der Waals surface area contributed by atoms with Crippen molar-refractivity contribution >= 4 is 34.9 Å². The van der Waals surface area contributed by atoms with Crippen LogP contribution in [0.15, 0.2) is 42.6 Å². The maximum absolute atomic E-state index is 12.4. The molecule has 1 fully saturated rings. The van der Waals surface area contributed by atoms with Crippen molar-refractivity contribution in [3.8, 4) is 5.75 Å². The molecule has 0 bridgehead atoms. The van der Waals surface area contributed by atoms with E-state index < -0.39 is 5.92 Å². The summed E-state index contributed by atoms with van der Waals surface area (Å²) in [7, 11) is 1.58. The molecular formula is C17H16ClN3O3. The van der Waals surface area contributed by atoms with Gasteiger partial charge >= 0.3 is 0 Å². The van der Waals surface area contributed by atoms with E-state index in [1.807, 2.05) is 0 Å². The van der Waals surface area contributed by atoms with Crippen LogP contribution in [0.2, 0.25) is 5.02 Å². The van der Waals surface area contributed by atoms with Crippen molar-refractivity contribution < 1.29 is 14.3 Å². The number of rotatable bonds is 4. The number of methoxy groups -OCH3 is 1. The number of amides is 2. The van der Waals surface area contributed by atoms with Crippen LogP contribution in [-0.4, -0.2) is 30.5 Å². The molecule has 0 aliphatic carbocycles. The summed E-state index contributed by atoms with van der Waals surface area (Å²) in [5, 5.41) is 3.19. The number of aromatic nitrogens is 1. The minimum Gasteiger partial charge on any atom is -0.497 e. The summed E-state index contributed by atoms with van der Waals surface area (Å²) in [4.78, 5) is 30.2. The fraction of sp³-hybridized carbons (Fsp3) is 0.235. The zero-order chi connectivity index (χ0) is 17.1. The molecule has 0 spiro atoms. The van der Waals surface area contributed by atoms with E-state index in [-0.39, 0.29) is 18.2 Å². The van der Waals surface area contributed by atoms with Gasteiger partial charge in [0, 0.05) is 29.9 Å². The Morgan fingerprint density at radius 1 is 1.33 bits per heavy atom. The molecule has 7 heteroatoms. The lowest BCUT2D eigenvalue weighted by molar-refractivity contribution is -0.122. The number of nitrogens with one attached hydrogen (secondary N) is 1. The predicted octanol–water partition coefficient (Wildman–Crippen LogP) is 2.74. The molecule has 1 aromatic heterocycles. The molecule has 1 aromatic carbocycles. The molecule has 1 unspecified atom stereocenters. The molecule has 1 aliphatic rings. The molecule has 2 aromatic rings. The van der Waals surface area contributed by atoms with Crippen molar-refractivity contribution in [2.24, 2.45) is 5.92 Å². The van der Waals surface area contributed by atoms with Crippen LogP contribution in [0.25, 0.3) is 0 Å². The lowest BCUT2D eigenvalue weighted by atomic mass is 10.1. The van der Waals surface area contributed by atoms with Gasteiger partial charge in [-0.3, -0.25) is 9.59 Å². The first-order valence-electron chi connectivity index (χ1n) is 7.43. The number of pyridine rings is 1. The maximum atomic E-state index is 12.4. The second-order valence-corrected chi connectivity index (χ2v) is 5.89. The van der Waals surface area contributed by atoms with E-state index in [1.54, 1.807) is 48.4 Å². The molecular weight excluding hydrogens is 330 g/mol. The molecule has 6 nitrogen and oxygen atoms in total. The van der Waals surface area contributed by atoms with Gasteiger partial charge < -0.3 is 15.0 Å². The van der Waals surface area contributed by atoms with E-state index in [2.05, 4.69) is 10.3 Å². The summed E-state index contributed by atoms with van der Waals surface area (Å²) >= 11 is 5.88. The number of halogens is 1. The molecule has 1 atom stereocenters. The Hall–Kier alpha value is -2.60. The summed E-state index contributed by atoms with van der Waals surface area (Å²) < 4.78 is 5.11. The van der Waals surface area contributed by atoms with Crippen LogP contribution in [0.4, 0.5) is 11.5 Å². The molecule has 1 saturated heterocycles. The molecule has 1 aliphatic heterocycles. The molecule has 1 N–H and O–H groups in total. The number of hydrogen-bond acceptors (Lipinski definition) is 4. The zero-order valence-electron chi connectivity index (χ0n) is 13.0. The number of anilines is 2. The highest BCUT2D eigenvalue weighted by Gasteiger charge is 2.35. The summed E-state index contributed by atoms with van der Waals surface area (Å²) in [5.74, 6) is 0.337. The van der Waals surface area contributed by atoms with Gasteiger partial charge in [-0.1, -0.05) is 11.6 Å². The number of ether oxygens (including phenoxy) is 1. The Kier molecular flexibility index (Phi) is 4.66. The largest absolute Gasteiger partial charge is 0.497 e. The SMILES string of the molecule is COc1ccc(N2CC(C(=O)Nc3cc(Cl)ccn3)CC2=O)cc1. The third-order valence-electron chi connectivity index (χ3n) is 3.85. The molecule has 124 valence electrons. The topological polar surface area (TPSA) is 71.5 Å². The minimum atomic E-state index is -0.430. The quantitative estimate of drug-likeness (QED) is 0.924. The summed E-state index contributed by atoms with van der Waals surface area (Å²) in [6.07, 6.45) is 1.68. The third kappa shape index (κ3) is 3.49. The molecule has 2 amide bonds.